The lowest BCUT2D eigenvalue weighted by molar-refractivity contribution is 0.0914. The molecule has 2 unspecified atom stereocenters. The van der Waals surface area contributed by atoms with E-state index in [-0.39, 0.29) is 41.2 Å². The summed E-state index contributed by atoms with van der Waals surface area (Å²) in [4.78, 5) is 55.1. The van der Waals surface area contributed by atoms with Crippen LogP contribution in [-0.4, -0.2) is 53.6 Å². The Morgan fingerprint density at radius 2 is 1.67 bits per heavy atom. The number of nitrogens with zero attached hydrogens (tertiary/aromatic N) is 1. The van der Waals surface area contributed by atoms with Crippen molar-refractivity contribution in [2.75, 3.05) is 14.2 Å². The average molecular weight is 531 g/mol. The van der Waals surface area contributed by atoms with Gasteiger partial charge in [0.25, 0.3) is 11.5 Å². The highest BCUT2D eigenvalue weighted by molar-refractivity contribution is 6.11. The number of carbonyl (C=O) groups excluding carboxylic acids is 3. The number of Topliss-reactive ketones (excluding diaryl/α,β-unsaturated/α-hetero) is 1. The molecule has 1 fully saturated rings. The molecule has 0 spiro atoms. The molecule has 10 heteroatoms. The molecular formula is C29H30N4O6. The number of nitrogens with one attached hydrogen (secondary N) is 3. The van der Waals surface area contributed by atoms with Gasteiger partial charge in [0, 0.05) is 23.0 Å². The van der Waals surface area contributed by atoms with Gasteiger partial charge in [-0.1, -0.05) is 48.5 Å². The summed E-state index contributed by atoms with van der Waals surface area (Å²) in [5.74, 6) is -0.497. The van der Waals surface area contributed by atoms with Crippen molar-refractivity contribution in [2.24, 2.45) is 0 Å². The van der Waals surface area contributed by atoms with E-state index in [4.69, 9.17) is 9.47 Å². The molecule has 4 aromatic rings. The van der Waals surface area contributed by atoms with E-state index in [1.54, 1.807) is 36.4 Å². The predicted molar refractivity (Wildman–Crippen MR) is 146 cm³/mol. The monoisotopic (exact) mass is 530 g/mol. The fourth-order valence-corrected chi connectivity index (χ4v) is 5.37. The number of alkyl carbamates (subject to hydrolysis) is 1. The maximum absolute atomic E-state index is 13.8. The SMILES string of the molecule is COC(=O)NC1CCCC(NC(=O)c2[nH]c3c(c2OC)c(=O)n(CC(=O)c2ccccc2)c2ccccc32)C1. The van der Waals surface area contributed by atoms with Crippen LogP contribution in [0.1, 0.15) is 46.5 Å². The third kappa shape index (κ3) is 5.09. The first-order valence-corrected chi connectivity index (χ1v) is 12.9. The molecule has 1 aliphatic carbocycles. The van der Waals surface area contributed by atoms with Gasteiger partial charge in [0.15, 0.2) is 11.5 Å². The Balaban J connectivity index is 1.52. The van der Waals surface area contributed by atoms with Crippen molar-refractivity contribution in [2.45, 2.75) is 44.3 Å². The molecule has 5 rings (SSSR count). The molecule has 2 amide bonds. The number of rotatable bonds is 7. The van der Waals surface area contributed by atoms with Crippen molar-refractivity contribution in [1.82, 2.24) is 20.2 Å². The van der Waals surface area contributed by atoms with Crippen LogP contribution < -0.4 is 20.9 Å². The predicted octanol–water partition coefficient (Wildman–Crippen LogP) is 3.77. The van der Waals surface area contributed by atoms with E-state index in [2.05, 4.69) is 15.6 Å². The molecule has 10 nitrogen and oxygen atoms in total. The number of ketones is 1. The molecule has 1 saturated carbocycles. The third-order valence-corrected chi connectivity index (χ3v) is 7.22. The summed E-state index contributed by atoms with van der Waals surface area (Å²) in [6.45, 7) is -0.161. The highest BCUT2D eigenvalue weighted by Crippen LogP contribution is 2.32. The lowest BCUT2D eigenvalue weighted by Gasteiger charge is -2.29. The lowest BCUT2D eigenvalue weighted by atomic mass is 9.91. The minimum atomic E-state index is -0.502. The second kappa shape index (κ2) is 11.0. The zero-order valence-electron chi connectivity index (χ0n) is 21.8. The number of para-hydroxylation sites is 1. The van der Waals surface area contributed by atoms with Gasteiger partial charge in [0.05, 0.1) is 31.8 Å². The molecule has 202 valence electrons. The van der Waals surface area contributed by atoms with Crippen LogP contribution >= 0.6 is 0 Å². The molecule has 3 N–H and O–H groups in total. The van der Waals surface area contributed by atoms with Crippen LogP contribution in [0.5, 0.6) is 5.75 Å². The molecule has 0 aliphatic heterocycles. The topological polar surface area (TPSA) is 132 Å². The van der Waals surface area contributed by atoms with Crippen molar-refractivity contribution >= 4 is 39.6 Å². The van der Waals surface area contributed by atoms with Crippen LogP contribution in [0.15, 0.2) is 59.4 Å². The van der Waals surface area contributed by atoms with Crippen molar-refractivity contribution in [3.8, 4) is 5.75 Å². The van der Waals surface area contributed by atoms with Crippen LogP contribution in [0.2, 0.25) is 0 Å². The second-order valence-corrected chi connectivity index (χ2v) is 9.65. The van der Waals surface area contributed by atoms with Crippen molar-refractivity contribution in [1.29, 1.82) is 0 Å². The molecule has 39 heavy (non-hydrogen) atoms. The highest BCUT2D eigenvalue weighted by Gasteiger charge is 2.29. The molecule has 0 radical (unpaired) electrons. The van der Waals surface area contributed by atoms with E-state index >= 15 is 0 Å². The highest BCUT2D eigenvalue weighted by atomic mass is 16.5. The maximum Gasteiger partial charge on any atom is 0.407 e. The summed E-state index contributed by atoms with van der Waals surface area (Å²) in [5, 5.41) is 6.71. The molecule has 0 bridgehead atoms. The first-order valence-electron chi connectivity index (χ1n) is 12.9. The maximum atomic E-state index is 13.8. The number of hydrogen-bond donors (Lipinski definition) is 3. The largest absolute Gasteiger partial charge is 0.493 e. The van der Waals surface area contributed by atoms with Gasteiger partial charge in [-0.05, 0) is 31.7 Å². The number of amides is 2. The Kier molecular flexibility index (Phi) is 7.36. The summed E-state index contributed by atoms with van der Waals surface area (Å²) < 4.78 is 11.7. The first kappa shape index (κ1) is 26.0. The van der Waals surface area contributed by atoms with E-state index in [1.807, 2.05) is 18.2 Å². The number of hydrogen-bond acceptors (Lipinski definition) is 6. The molecular weight excluding hydrogens is 500 g/mol. The van der Waals surface area contributed by atoms with Gasteiger partial charge in [-0.2, -0.15) is 0 Å². The summed E-state index contributed by atoms with van der Waals surface area (Å²) >= 11 is 0. The number of ether oxygens (including phenoxy) is 2. The standard InChI is InChI=1S/C29H30N4O6/c1-38-26-23-24(32-25(26)27(35)30-18-11-8-12-19(15-18)31-29(37)39-2)20-13-6-7-14-21(20)33(28(23)36)16-22(34)17-9-4-3-5-10-17/h3-7,9-10,13-14,18-19,32H,8,11-12,15-16H2,1-2H3,(H,30,35)(H,31,37). The number of carbonyl (C=O) groups is 3. The normalized spacial score (nSPS) is 17.1. The van der Waals surface area contributed by atoms with Gasteiger partial charge in [-0.3, -0.25) is 19.0 Å². The zero-order valence-corrected chi connectivity index (χ0v) is 21.8. The second-order valence-electron chi connectivity index (χ2n) is 9.65. The van der Waals surface area contributed by atoms with Crippen molar-refractivity contribution in [3.05, 3.63) is 76.2 Å². The molecule has 2 heterocycles. The number of methoxy groups -OCH3 is 2. The van der Waals surface area contributed by atoms with E-state index in [9.17, 15) is 19.2 Å². The van der Waals surface area contributed by atoms with Gasteiger partial charge >= 0.3 is 6.09 Å². The van der Waals surface area contributed by atoms with Crippen LogP contribution in [-0.2, 0) is 11.3 Å². The number of aromatic amines is 1. The fraction of sp³-hybridized carbons (Fsp3) is 0.310. The quantitative estimate of drug-likeness (QED) is 0.312. The van der Waals surface area contributed by atoms with E-state index < -0.39 is 17.6 Å². The fourth-order valence-electron chi connectivity index (χ4n) is 5.37. The van der Waals surface area contributed by atoms with Crippen LogP contribution in [0.3, 0.4) is 0 Å². The average Bonchev–Trinajstić information content (AvgIpc) is 3.36. The first-order chi connectivity index (χ1) is 18.9. The van der Waals surface area contributed by atoms with Gasteiger partial charge < -0.3 is 25.1 Å². The van der Waals surface area contributed by atoms with Gasteiger partial charge in [-0.25, -0.2) is 4.79 Å². The number of fused-ring (bicyclic) bond motifs is 3. The molecule has 0 saturated heterocycles. The number of aromatic nitrogens is 2. The summed E-state index contributed by atoms with van der Waals surface area (Å²) in [5.41, 5.74) is 1.24. The summed E-state index contributed by atoms with van der Waals surface area (Å²) in [6.07, 6.45) is 2.43. The number of pyridine rings is 1. The minimum absolute atomic E-state index is 0.112. The Bertz CT molecular complexity index is 1610. The molecule has 2 atom stereocenters. The van der Waals surface area contributed by atoms with Gasteiger partial charge in [-0.15, -0.1) is 0 Å². The number of H-pyrrole nitrogens is 1. The van der Waals surface area contributed by atoms with E-state index in [0.29, 0.717) is 28.4 Å². The third-order valence-electron chi connectivity index (χ3n) is 7.22. The Morgan fingerprint density at radius 1 is 0.974 bits per heavy atom. The Hall–Kier alpha value is -4.60. The van der Waals surface area contributed by atoms with Crippen LogP contribution in [0.25, 0.3) is 21.8 Å². The Morgan fingerprint density at radius 3 is 2.38 bits per heavy atom. The molecule has 2 aromatic heterocycles. The molecule has 1 aliphatic rings. The summed E-state index contributed by atoms with van der Waals surface area (Å²) in [6, 6.07) is 15.8. The zero-order chi connectivity index (χ0) is 27.5. The van der Waals surface area contributed by atoms with Crippen LogP contribution in [0.4, 0.5) is 4.79 Å². The Labute approximate surface area is 224 Å². The van der Waals surface area contributed by atoms with Crippen molar-refractivity contribution in [3.63, 3.8) is 0 Å². The molecule has 2 aromatic carbocycles. The van der Waals surface area contributed by atoms with Crippen LogP contribution in [0, 0.1) is 0 Å². The minimum Gasteiger partial charge on any atom is -0.493 e. The number of benzene rings is 2. The van der Waals surface area contributed by atoms with E-state index in [1.165, 1.54) is 18.8 Å². The summed E-state index contributed by atoms with van der Waals surface area (Å²) in [7, 11) is 2.72. The van der Waals surface area contributed by atoms with Crippen molar-refractivity contribution < 1.29 is 23.9 Å². The van der Waals surface area contributed by atoms with Gasteiger partial charge in [0.1, 0.15) is 11.1 Å². The van der Waals surface area contributed by atoms with Gasteiger partial charge in [0.2, 0.25) is 0 Å². The smallest absolute Gasteiger partial charge is 0.407 e. The van der Waals surface area contributed by atoms with E-state index in [0.717, 1.165) is 19.3 Å². The lowest BCUT2D eigenvalue weighted by Crippen LogP contribution is -2.45.